The number of nitrogens with one attached hydrogen (secondary N) is 1. The summed E-state index contributed by atoms with van der Waals surface area (Å²) >= 11 is 0. The van der Waals surface area contributed by atoms with Gasteiger partial charge >= 0.3 is 12.2 Å². The molecule has 174 valence electrons. The van der Waals surface area contributed by atoms with Crippen LogP contribution in [0.1, 0.15) is 80.2 Å². The summed E-state index contributed by atoms with van der Waals surface area (Å²) in [6.07, 6.45) is -0.234. The second kappa shape index (κ2) is 10.6. The number of ketones is 1. The van der Waals surface area contributed by atoms with Crippen molar-refractivity contribution in [1.29, 1.82) is 0 Å². The number of rotatable bonds is 7. The molecule has 7 heteroatoms. The quantitative estimate of drug-likeness (QED) is 0.579. The van der Waals surface area contributed by atoms with E-state index in [1.54, 1.807) is 41.5 Å². The Morgan fingerprint density at radius 1 is 0.903 bits per heavy atom. The van der Waals surface area contributed by atoms with Gasteiger partial charge < -0.3 is 9.47 Å². The van der Waals surface area contributed by atoms with Crippen molar-refractivity contribution in [3.8, 4) is 0 Å². The van der Waals surface area contributed by atoms with Crippen molar-refractivity contribution >= 4 is 18.0 Å². The van der Waals surface area contributed by atoms with Crippen LogP contribution in [-0.2, 0) is 20.7 Å². The lowest BCUT2D eigenvalue weighted by molar-refractivity contribution is -0.134. The molecule has 31 heavy (non-hydrogen) atoms. The number of carbonyl (C=O) groups is 3. The van der Waals surface area contributed by atoms with Crippen LogP contribution in [0.5, 0.6) is 0 Å². The highest BCUT2D eigenvalue weighted by Crippen LogP contribution is 2.29. The number of amides is 2. The van der Waals surface area contributed by atoms with Crippen LogP contribution in [0.25, 0.3) is 0 Å². The summed E-state index contributed by atoms with van der Waals surface area (Å²) in [5, 5.41) is 1.04. The van der Waals surface area contributed by atoms with Gasteiger partial charge in [0.15, 0.2) is 5.78 Å². The summed E-state index contributed by atoms with van der Waals surface area (Å²) in [5.41, 5.74) is 0.483. The third-order valence-corrected chi connectivity index (χ3v) is 4.53. The molecule has 1 rings (SSSR count). The van der Waals surface area contributed by atoms with Gasteiger partial charge in [-0.15, -0.1) is 0 Å². The zero-order valence-corrected chi connectivity index (χ0v) is 20.2. The third kappa shape index (κ3) is 8.23. The van der Waals surface area contributed by atoms with E-state index in [0.29, 0.717) is 6.42 Å². The monoisotopic (exact) mass is 434 g/mol. The van der Waals surface area contributed by atoms with Gasteiger partial charge in [0.25, 0.3) is 0 Å². The third-order valence-electron chi connectivity index (χ3n) is 4.53. The molecule has 0 aromatic heterocycles. The molecular formula is C24H38N2O5. The molecule has 0 aliphatic heterocycles. The van der Waals surface area contributed by atoms with Crippen LogP contribution in [0.2, 0.25) is 0 Å². The molecule has 1 atom stereocenters. The Bertz CT molecular complexity index is 749. The second-order valence-electron chi connectivity index (χ2n) is 9.65. The van der Waals surface area contributed by atoms with E-state index in [4.69, 9.17) is 9.47 Å². The number of Topliss-reactive ketones (excluding diaryl/α,β-unsaturated/α-hetero) is 1. The van der Waals surface area contributed by atoms with Crippen LogP contribution in [0.3, 0.4) is 0 Å². The molecule has 1 aromatic rings. The summed E-state index contributed by atoms with van der Waals surface area (Å²) in [5.74, 6) is -0.150. The van der Waals surface area contributed by atoms with Crippen molar-refractivity contribution in [3.63, 3.8) is 0 Å². The number of ether oxygens (including phenoxy) is 2. The average molecular weight is 435 g/mol. The molecule has 2 amide bonds. The summed E-state index contributed by atoms with van der Waals surface area (Å²) < 4.78 is 10.9. The maximum absolute atomic E-state index is 13.4. The standard InChI is InChI=1S/C24H38N2O5/c1-9-14-19(27)24(10-2,17-18-15-12-11-13-16-18)26(21(29)31-23(6,7)8)25-20(28)30-22(3,4)5/h11-13,15-16H,9-10,14,17H2,1-8H3,(H,25,28). The van der Waals surface area contributed by atoms with Crippen molar-refractivity contribution in [1.82, 2.24) is 10.4 Å². The Kier molecular flexibility index (Phi) is 9.09. The van der Waals surface area contributed by atoms with Gasteiger partial charge in [0.05, 0.1) is 0 Å². The summed E-state index contributed by atoms with van der Waals surface area (Å²) in [6.45, 7) is 14.1. The summed E-state index contributed by atoms with van der Waals surface area (Å²) in [4.78, 5) is 39.3. The molecule has 0 saturated heterocycles. The van der Waals surface area contributed by atoms with E-state index in [2.05, 4.69) is 5.43 Å². The predicted octanol–water partition coefficient (Wildman–Crippen LogP) is 5.42. The van der Waals surface area contributed by atoms with Gasteiger partial charge in [-0.2, -0.15) is 0 Å². The first kappa shape index (κ1) is 26.5. The van der Waals surface area contributed by atoms with Crippen molar-refractivity contribution in [2.45, 2.75) is 97.8 Å². The molecule has 0 fully saturated rings. The Morgan fingerprint density at radius 3 is 1.90 bits per heavy atom. The normalized spacial score (nSPS) is 13.7. The van der Waals surface area contributed by atoms with Gasteiger partial charge in [-0.05, 0) is 59.9 Å². The fourth-order valence-corrected chi connectivity index (χ4v) is 3.20. The minimum atomic E-state index is -1.32. The van der Waals surface area contributed by atoms with E-state index in [9.17, 15) is 14.4 Å². The molecule has 0 saturated carbocycles. The van der Waals surface area contributed by atoms with Crippen molar-refractivity contribution in [2.24, 2.45) is 0 Å². The zero-order valence-electron chi connectivity index (χ0n) is 20.2. The number of hydrazine groups is 1. The van der Waals surface area contributed by atoms with Gasteiger partial charge in [0.2, 0.25) is 0 Å². The minimum absolute atomic E-state index is 0.150. The van der Waals surface area contributed by atoms with Crippen LogP contribution in [0.4, 0.5) is 9.59 Å². The van der Waals surface area contributed by atoms with Gasteiger partial charge in [-0.3, -0.25) is 4.79 Å². The zero-order chi connectivity index (χ0) is 23.9. The lowest BCUT2D eigenvalue weighted by Gasteiger charge is -2.42. The lowest BCUT2D eigenvalue weighted by atomic mass is 9.81. The van der Waals surface area contributed by atoms with Crippen LogP contribution >= 0.6 is 0 Å². The molecule has 0 spiro atoms. The van der Waals surface area contributed by atoms with Gasteiger partial charge in [0, 0.05) is 12.8 Å². The van der Waals surface area contributed by atoms with Gasteiger partial charge in [-0.1, -0.05) is 44.2 Å². The highest BCUT2D eigenvalue weighted by molar-refractivity contribution is 5.92. The number of nitrogens with zero attached hydrogens (tertiary/aromatic N) is 1. The molecule has 0 aliphatic rings. The van der Waals surface area contributed by atoms with Crippen LogP contribution in [0, 0.1) is 0 Å². The van der Waals surface area contributed by atoms with Gasteiger partial charge in [-0.25, -0.2) is 20.0 Å². The first-order valence-electron chi connectivity index (χ1n) is 10.8. The Morgan fingerprint density at radius 2 is 1.45 bits per heavy atom. The van der Waals surface area contributed by atoms with Crippen LogP contribution in [-0.4, -0.2) is 39.7 Å². The largest absolute Gasteiger partial charge is 0.443 e. The molecule has 0 heterocycles. The van der Waals surface area contributed by atoms with Gasteiger partial charge in [0.1, 0.15) is 16.7 Å². The fraction of sp³-hybridized carbons (Fsp3) is 0.625. The molecule has 0 radical (unpaired) electrons. The maximum Gasteiger partial charge on any atom is 0.430 e. The van der Waals surface area contributed by atoms with Crippen LogP contribution in [0.15, 0.2) is 30.3 Å². The molecular weight excluding hydrogens is 396 g/mol. The SMILES string of the molecule is CCCC(=O)C(CC)(Cc1ccccc1)N(NC(=O)OC(C)(C)C)C(=O)OC(C)(C)C. The molecule has 1 N–H and O–H groups in total. The van der Waals surface area contributed by atoms with Crippen molar-refractivity contribution in [3.05, 3.63) is 35.9 Å². The first-order chi connectivity index (χ1) is 14.2. The summed E-state index contributed by atoms with van der Waals surface area (Å²) in [7, 11) is 0. The maximum atomic E-state index is 13.4. The lowest BCUT2D eigenvalue weighted by Crippen LogP contribution is -2.65. The minimum Gasteiger partial charge on any atom is -0.443 e. The molecule has 1 unspecified atom stereocenters. The van der Waals surface area contributed by atoms with E-state index in [0.717, 1.165) is 10.6 Å². The van der Waals surface area contributed by atoms with Crippen molar-refractivity contribution in [2.75, 3.05) is 0 Å². The topological polar surface area (TPSA) is 84.9 Å². The highest BCUT2D eigenvalue weighted by atomic mass is 16.6. The Labute approximate surface area is 186 Å². The molecule has 0 aliphatic carbocycles. The molecule has 1 aromatic carbocycles. The van der Waals surface area contributed by atoms with E-state index in [-0.39, 0.29) is 25.0 Å². The number of benzene rings is 1. The molecule has 7 nitrogen and oxygen atoms in total. The molecule has 0 bridgehead atoms. The van der Waals surface area contributed by atoms with E-state index in [1.807, 2.05) is 44.2 Å². The second-order valence-corrected chi connectivity index (χ2v) is 9.65. The fourth-order valence-electron chi connectivity index (χ4n) is 3.20. The van der Waals surface area contributed by atoms with Crippen molar-refractivity contribution < 1.29 is 23.9 Å². The van der Waals surface area contributed by atoms with E-state index < -0.39 is 28.9 Å². The number of hydrogen-bond acceptors (Lipinski definition) is 5. The Hall–Kier alpha value is -2.57. The average Bonchev–Trinajstić information content (AvgIpc) is 2.62. The number of carbonyl (C=O) groups excluding carboxylic acids is 3. The summed E-state index contributed by atoms with van der Waals surface area (Å²) in [6, 6.07) is 9.42. The van der Waals surface area contributed by atoms with Crippen LogP contribution < -0.4 is 5.43 Å². The van der Waals surface area contributed by atoms with E-state index >= 15 is 0 Å². The Balaban J connectivity index is 3.50. The van der Waals surface area contributed by atoms with E-state index in [1.165, 1.54) is 0 Å². The number of hydrogen-bond donors (Lipinski definition) is 1. The smallest absolute Gasteiger partial charge is 0.430 e. The first-order valence-corrected chi connectivity index (χ1v) is 10.8. The highest BCUT2D eigenvalue weighted by Gasteiger charge is 2.47. The predicted molar refractivity (Wildman–Crippen MR) is 121 cm³/mol.